The average Bonchev–Trinajstić information content (AvgIpc) is 3.30. The van der Waals surface area contributed by atoms with Crippen LogP contribution in [-0.4, -0.2) is 66.4 Å². The second kappa shape index (κ2) is 10.5. The molecule has 3 rings (SSSR count). The molecule has 1 aliphatic heterocycles. The van der Waals surface area contributed by atoms with Gasteiger partial charge in [0.2, 0.25) is 10.0 Å². The van der Waals surface area contributed by atoms with Crippen LogP contribution in [0.5, 0.6) is 0 Å². The molecule has 156 valence electrons. The number of aliphatic imine (C=N–C) groups is 1. The van der Waals surface area contributed by atoms with E-state index in [-0.39, 0.29) is 29.7 Å². The Morgan fingerprint density at radius 3 is 2.68 bits per heavy atom. The number of piperazine rings is 1. The van der Waals surface area contributed by atoms with Gasteiger partial charge in [-0.05, 0) is 13.8 Å². The molecule has 1 aliphatic rings. The lowest BCUT2D eigenvalue weighted by Crippen LogP contribution is -2.53. The van der Waals surface area contributed by atoms with Gasteiger partial charge in [-0.1, -0.05) is 5.16 Å². The number of rotatable bonds is 6. The van der Waals surface area contributed by atoms with Crippen molar-refractivity contribution >= 4 is 51.3 Å². The monoisotopic (exact) mass is 540 g/mol. The molecule has 0 atom stereocenters. The Labute approximate surface area is 186 Å². The van der Waals surface area contributed by atoms with Gasteiger partial charge in [-0.15, -0.1) is 35.3 Å². The molecular formula is C16H25IN6O3S2. The normalized spacial score (nSPS) is 16.1. The first-order chi connectivity index (χ1) is 13.0. The number of nitrogens with zero attached hydrogens (tertiary/aromatic N) is 5. The van der Waals surface area contributed by atoms with Crippen LogP contribution in [0.2, 0.25) is 0 Å². The van der Waals surface area contributed by atoms with Crippen molar-refractivity contribution in [3.63, 3.8) is 0 Å². The zero-order chi connectivity index (χ0) is 19.3. The molecule has 0 aliphatic carbocycles. The first kappa shape index (κ1) is 23.0. The molecule has 9 nitrogen and oxygen atoms in total. The molecule has 0 saturated carbocycles. The molecule has 28 heavy (non-hydrogen) atoms. The van der Waals surface area contributed by atoms with Gasteiger partial charge < -0.3 is 14.7 Å². The van der Waals surface area contributed by atoms with Crippen molar-refractivity contribution < 1.29 is 12.9 Å². The molecule has 12 heteroatoms. The van der Waals surface area contributed by atoms with Crippen molar-refractivity contribution in [3.05, 3.63) is 34.1 Å². The van der Waals surface area contributed by atoms with Crippen LogP contribution >= 0.6 is 35.3 Å². The molecule has 1 N–H and O–H groups in total. The SMILES string of the molecule is CCNC(=NCc1scnc1C)N1CCN(S(=O)(=O)Cc2ccon2)CC1.I. The summed E-state index contributed by atoms with van der Waals surface area (Å²) in [5, 5.41) is 6.99. The van der Waals surface area contributed by atoms with Crippen molar-refractivity contribution in [1.29, 1.82) is 0 Å². The number of hydrogen-bond donors (Lipinski definition) is 1. The maximum atomic E-state index is 12.5. The molecule has 2 aromatic heterocycles. The third-order valence-electron chi connectivity index (χ3n) is 4.31. The number of aromatic nitrogens is 2. The largest absolute Gasteiger partial charge is 0.364 e. The van der Waals surface area contributed by atoms with Gasteiger partial charge in [0.05, 0.1) is 23.4 Å². The van der Waals surface area contributed by atoms with E-state index in [4.69, 9.17) is 9.52 Å². The summed E-state index contributed by atoms with van der Waals surface area (Å²) in [6, 6.07) is 1.57. The lowest BCUT2D eigenvalue weighted by molar-refractivity contribution is 0.259. The lowest BCUT2D eigenvalue weighted by Gasteiger charge is -2.35. The van der Waals surface area contributed by atoms with Gasteiger partial charge in [0.25, 0.3) is 0 Å². The Morgan fingerprint density at radius 2 is 2.11 bits per heavy atom. The quantitative estimate of drug-likeness (QED) is 0.338. The van der Waals surface area contributed by atoms with Gasteiger partial charge in [0.15, 0.2) is 5.96 Å². The van der Waals surface area contributed by atoms with Crippen molar-refractivity contribution in [3.8, 4) is 0 Å². The predicted octanol–water partition coefficient (Wildman–Crippen LogP) is 1.67. The maximum absolute atomic E-state index is 12.5. The Morgan fingerprint density at radius 1 is 1.36 bits per heavy atom. The topological polar surface area (TPSA) is 104 Å². The summed E-state index contributed by atoms with van der Waals surface area (Å²) >= 11 is 1.60. The predicted molar refractivity (Wildman–Crippen MR) is 119 cm³/mol. The molecule has 0 unspecified atom stereocenters. The molecule has 1 fully saturated rings. The minimum Gasteiger partial charge on any atom is -0.364 e. The van der Waals surface area contributed by atoms with Crippen LogP contribution in [0, 0.1) is 6.92 Å². The van der Waals surface area contributed by atoms with Gasteiger partial charge in [0.1, 0.15) is 12.0 Å². The number of sulfonamides is 1. The summed E-state index contributed by atoms with van der Waals surface area (Å²) in [5.41, 5.74) is 3.25. The van der Waals surface area contributed by atoms with E-state index < -0.39 is 10.0 Å². The zero-order valence-corrected chi connectivity index (χ0v) is 19.8. The van der Waals surface area contributed by atoms with E-state index >= 15 is 0 Å². The smallest absolute Gasteiger partial charge is 0.220 e. The zero-order valence-electron chi connectivity index (χ0n) is 15.9. The molecule has 0 radical (unpaired) electrons. The average molecular weight is 540 g/mol. The van der Waals surface area contributed by atoms with Crippen LogP contribution in [0.25, 0.3) is 0 Å². The van der Waals surface area contributed by atoms with E-state index in [0.29, 0.717) is 38.4 Å². The standard InChI is InChI=1S/C16H24N6O3S2.HI/c1-3-17-16(18-10-15-13(2)19-12-26-15)21-5-7-22(8-6-21)27(23,24)11-14-4-9-25-20-14;/h4,9,12H,3,5-8,10-11H2,1-2H3,(H,17,18);1H. The van der Waals surface area contributed by atoms with Crippen molar-refractivity contribution in [2.45, 2.75) is 26.1 Å². The number of nitrogens with one attached hydrogen (secondary N) is 1. The molecule has 3 heterocycles. The third-order valence-corrected chi connectivity index (χ3v) is 7.04. The molecule has 0 spiro atoms. The Bertz CT molecular complexity index is 861. The summed E-state index contributed by atoms with van der Waals surface area (Å²) in [6.07, 6.45) is 1.38. The van der Waals surface area contributed by atoms with E-state index in [1.165, 1.54) is 10.6 Å². The van der Waals surface area contributed by atoms with Crippen LogP contribution in [0.15, 0.2) is 27.4 Å². The second-order valence-corrected chi connectivity index (χ2v) is 9.07. The molecule has 2 aromatic rings. The van der Waals surface area contributed by atoms with E-state index in [9.17, 15) is 8.42 Å². The minimum atomic E-state index is -3.40. The number of guanidine groups is 1. The minimum absolute atomic E-state index is 0. The summed E-state index contributed by atoms with van der Waals surface area (Å²) in [7, 11) is -3.40. The highest BCUT2D eigenvalue weighted by atomic mass is 127. The first-order valence-corrected chi connectivity index (χ1v) is 11.3. The second-order valence-electron chi connectivity index (χ2n) is 6.16. The van der Waals surface area contributed by atoms with Crippen LogP contribution in [0.1, 0.15) is 23.2 Å². The highest BCUT2D eigenvalue weighted by Crippen LogP contribution is 2.15. The van der Waals surface area contributed by atoms with Crippen molar-refractivity contribution in [1.82, 2.24) is 24.7 Å². The Hall–Kier alpha value is -1.25. The van der Waals surface area contributed by atoms with Crippen molar-refractivity contribution in [2.24, 2.45) is 4.99 Å². The highest BCUT2D eigenvalue weighted by molar-refractivity contribution is 14.0. The van der Waals surface area contributed by atoms with E-state index in [0.717, 1.165) is 23.1 Å². The number of thiazole rings is 1. The van der Waals surface area contributed by atoms with Gasteiger partial charge in [-0.3, -0.25) is 0 Å². The summed E-state index contributed by atoms with van der Waals surface area (Å²) in [4.78, 5) is 12.2. The van der Waals surface area contributed by atoms with Crippen LogP contribution in [0.3, 0.4) is 0 Å². The first-order valence-electron chi connectivity index (χ1n) is 8.79. The Kier molecular flexibility index (Phi) is 8.64. The molecule has 0 bridgehead atoms. The van der Waals surface area contributed by atoms with Gasteiger partial charge in [0, 0.05) is 43.7 Å². The fraction of sp³-hybridized carbons (Fsp3) is 0.562. The lowest BCUT2D eigenvalue weighted by atomic mass is 10.4. The molecular weight excluding hydrogens is 515 g/mol. The summed E-state index contributed by atoms with van der Waals surface area (Å²) < 4.78 is 31.3. The summed E-state index contributed by atoms with van der Waals surface area (Å²) in [6.45, 7) is 7.35. The number of aryl methyl sites for hydroxylation is 1. The Balaban J connectivity index is 0.00000280. The third kappa shape index (κ3) is 5.87. The number of halogens is 1. The van der Waals surface area contributed by atoms with Crippen LogP contribution in [-0.2, 0) is 22.3 Å². The van der Waals surface area contributed by atoms with Crippen LogP contribution < -0.4 is 5.32 Å². The van der Waals surface area contributed by atoms with Gasteiger partial charge >= 0.3 is 0 Å². The van der Waals surface area contributed by atoms with Crippen LogP contribution in [0.4, 0.5) is 0 Å². The highest BCUT2D eigenvalue weighted by Gasteiger charge is 2.29. The summed E-state index contributed by atoms with van der Waals surface area (Å²) in [5.74, 6) is 0.668. The van der Waals surface area contributed by atoms with Gasteiger partial charge in [-0.25, -0.2) is 18.4 Å². The molecule has 0 amide bonds. The van der Waals surface area contributed by atoms with Crippen molar-refractivity contribution in [2.75, 3.05) is 32.7 Å². The number of hydrogen-bond acceptors (Lipinski definition) is 7. The fourth-order valence-electron chi connectivity index (χ4n) is 2.82. The fourth-order valence-corrected chi connectivity index (χ4v) is 4.94. The molecule has 0 aromatic carbocycles. The van der Waals surface area contributed by atoms with E-state index in [1.54, 1.807) is 17.4 Å². The molecule has 1 saturated heterocycles. The van der Waals surface area contributed by atoms with Gasteiger partial charge in [-0.2, -0.15) is 4.31 Å². The van der Waals surface area contributed by atoms with E-state index in [2.05, 4.69) is 20.4 Å². The van der Waals surface area contributed by atoms with E-state index in [1.807, 2.05) is 19.4 Å². The maximum Gasteiger partial charge on any atom is 0.220 e.